The molecule has 4 rings (SSSR count). The summed E-state index contributed by atoms with van der Waals surface area (Å²) in [6.07, 6.45) is 3.18. The number of hydrogen-bond donors (Lipinski definition) is 2. The summed E-state index contributed by atoms with van der Waals surface area (Å²) in [4.78, 5) is 45.5. The van der Waals surface area contributed by atoms with Gasteiger partial charge in [0, 0.05) is 26.2 Å². The fourth-order valence-electron chi connectivity index (χ4n) is 3.66. The van der Waals surface area contributed by atoms with Crippen LogP contribution in [0.4, 0.5) is 11.5 Å². The van der Waals surface area contributed by atoms with Crippen LogP contribution in [0.25, 0.3) is 0 Å². The molecule has 9 heteroatoms. The van der Waals surface area contributed by atoms with E-state index >= 15 is 0 Å². The number of thiophene rings is 1. The van der Waals surface area contributed by atoms with Gasteiger partial charge in [0.15, 0.2) is 0 Å². The summed E-state index contributed by atoms with van der Waals surface area (Å²) in [7, 11) is 0. The number of aromatic nitrogens is 1. The fourth-order valence-corrected chi connectivity index (χ4v) is 4.35. The lowest BCUT2D eigenvalue weighted by atomic mass is 9.97. The number of amides is 3. The van der Waals surface area contributed by atoms with Crippen molar-refractivity contribution in [2.24, 2.45) is 5.92 Å². The van der Waals surface area contributed by atoms with Gasteiger partial charge in [-0.25, -0.2) is 4.98 Å². The molecule has 4 heterocycles. The number of piperazine rings is 1. The minimum Gasteiger partial charge on any atom is -0.353 e. The minimum absolute atomic E-state index is 0.00547. The Morgan fingerprint density at radius 2 is 2.14 bits per heavy atom. The Morgan fingerprint density at radius 1 is 1.24 bits per heavy atom. The minimum atomic E-state index is -0.238. The molecule has 0 aliphatic carbocycles. The van der Waals surface area contributed by atoms with Crippen molar-refractivity contribution in [3.8, 4) is 0 Å². The first-order chi connectivity index (χ1) is 14.1. The number of piperidine rings is 1. The van der Waals surface area contributed by atoms with Crippen LogP contribution in [0.3, 0.4) is 0 Å². The zero-order valence-corrected chi connectivity index (χ0v) is 16.8. The molecule has 3 amide bonds. The van der Waals surface area contributed by atoms with Crippen LogP contribution in [0.15, 0.2) is 35.8 Å². The van der Waals surface area contributed by atoms with E-state index in [9.17, 15) is 14.4 Å². The van der Waals surface area contributed by atoms with Crippen LogP contribution in [0.1, 0.15) is 22.5 Å². The Kier molecular flexibility index (Phi) is 5.75. The molecule has 0 bridgehead atoms. The van der Waals surface area contributed by atoms with Crippen molar-refractivity contribution in [2.75, 3.05) is 42.9 Å². The molecule has 1 unspecified atom stereocenters. The molecule has 0 radical (unpaired) electrons. The van der Waals surface area contributed by atoms with E-state index in [0.717, 1.165) is 12.8 Å². The number of carbonyl (C=O) groups excluding carboxylic acids is 3. The zero-order chi connectivity index (χ0) is 20.2. The van der Waals surface area contributed by atoms with Crippen molar-refractivity contribution in [1.29, 1.82) is 0 Å². The molecule has 152 valence electrons. The van der Waals surface area contributed by atoms with Crippen LogP contribution in [-0.4, -0.2) is 60.3 Å². The Labute approximate surface area is 172 Å². The van der Waals surface area contributed by atoms with Crippen molar-refractivity contribution >= 4 is 40.6 Å². The lowest BCUT2D eigenvalue weighted by molar-refractivity contribution is -0.121. The third-order valence-electron chi connectivity index (χ3n) is 5.19. The van der Waals surface area contributed by atoms with Gasteiger partial charge in [0.25, 0.3) is 5.91 Å². The topological polar surface area (TPSA) is 94.6 Å². The number of likely N-dealkylation sites (tertiary alicyclic amines) is 1. The average molecular weight is 414 g/mol. The van der Waals surface area contributed by atoms with Gasteiger partial charge in [-0.05, 0) is 36.4 Å². The molecule has 2 fully saturated rings. The second-order valence-corrected chi connectivity index (χ2v) is 8.18. The van der Waals surface area contributed by atoms with E-state index in [4.69, 9.17) is 0 Å². The second-order valence-electron chi connectivity index (χ2n) is 7.23. The largest absolute Gasteiger partial charge is 0.353 e. The first kappa shape index (κ1) is 19.4. The van der Waals surface area contributed by atoms with Crippen molar-refractivity contribution < 1.29 is 14.4 Å². The normalized spacial score (nSPS) is 19.6. The molecule has 1 atom stereocenters. The number of nitrogens with one attached hydrogen (secondary N) is 2. The van der Waals surface area contributed by atoms with Crippen LogP contribution in [0.2, 0.25) is 0 Å². The molecule has 0 saturated carbocycles. The maximum absolute atomic E-state index is 12.7. The van der Waals surface area contributed by atoms with Gasteiger partial charge in [0.1, 0.15) is 5.82 Å². The van der Waals surface area contributed by atoms with E-state index in [1.807, 2.05) is 28.5 Å². The molecular formula is C20H23N5O3S. The first-order valence-corrected chi connectivity index (χ1v) is 10.6. The van der Waals surface area contributed by atoms with E-state index in [1.54, 1.807) is 17.2 Å². The number of hydrogen-bond acceptors (Lipinski definition) is 6. The number of carbonyl (C=O) groups is 3. The molecule has 2 aromatic rings. The molecule has 0 aromatic carbocycles. The van der Waals surface area contributed by atoms with Crippen molar-refractivity contribution in [2.45, 2.75) is 12.8 Å². The molecule has 2 N–H and O–H groups in total. The van der Waals surface area contributed by atoms with Crippen molar-refractivity contribution in [3.63, 3.8) is 0 Å². The quantitative estimate of drug-likeness (QED) is 0.794. The summed E-state index contributed by atoms with van der Waals surface area (Å²) in [6, 6.07) is 7.28. The lowest BCUT2D eigenvalue weighted by Crippen LogP contribution is -2.48. The molecule has 0 spiro atoms. The summed E-state index contributed by atoms with van der Waals surface area (Å²) in [6.45, 7) is 2.70. The predicted octanol–water partition coefficient (Wildman–Crippen LogP) is 1.57. The summed E-state index contributed by atoms with van der Waals surface area (Å²) >= 11 is 1.42. The SMILES string of the molecule is O=C1CN(c2ccc(NC(=O)C3CCCN(C(=O)c4cccs4)C3)cn2)CCN1. The lowest BCUT2D eigenvalue weighted by Gasteiger charge is -2.31. The van der Waals surface area contributed by atoms with Crippen LogP contribution < -0.4 is 15.5 Å². The Balaban J connectivity index is 1.35. The third-order valence-corrected chi connectivity index (χ3v) is 6.05. The van der Waals surface area contributed by atoms with Crippen molar-refractivity contribution in [3.05, 3.63) is 40.7 Å². The molecular weight excluding hydrogens is 390 g/mol. The number of rotatable bonds is 4. The molecule has 8 nitrogen and oxygen atoms in total. The third kappa shape index (κ3) is 4.56. The molecule has 2 aliphatic heterocycles. The van der Waals surface area contributed by atoms with Gasteiger partial charge in [0.2, 0.25) is 11.8 Å². The van der Waals surface area contributed by atoms with E-state index < -0.39 is 0 Å². The van der Waals surface area contributed by atoms with Gasteiger partial charge in [-0.15, -0.1) is 11.3 Å². The van der Waals surface area contributed by atoms with E-state index in [0.29, 0.717) is 42.6 Å². The molecule has 2 aliphatic rings. The zero-order valence-electron chi connectivity index (χ0n) is 16.0. The standard InChI is InChI=1S/C20H23N5O3S/c26-18-13-24(9-7-21-18)17-6-5-15(11-22-17)23-19(27)14-3-1-8-25(12-14)20(28)16-4-2-10-29-16/h2,4-6,10-11,14H,1,3,7-9,12-13H2,(H,21,26)(H,23,27). The Bertz CT molecular complexity index is 884. The second kappa shape index (κ2) is 8.60. The van der Waals surface area contributed by atoms with Crippen molar-refractivity contribution in [1.82, 2.24) is 15.2 Å². The highest BCUT2D eigenvalue weighted by Crippen LogP contribution is 2.22. The van der Waals surface area contributed by atoms with Gasteiger partial charge >= 0.3 is 0 Å². The van der Waals surface area contributed by atoms with E-state index in [2.05, 4.69) is 15.6 Å². The van der Waals surface area contributed by atoms with Gasteiger partial charge in [-0.3, -0.25) is 14.4 Å². The summed E-state index contributed by atoms with van der Waals surface area (Å²) in [5, 5.41) is 7.58. The highest BCUT2D eigenvalue weighted by Gasteiger charge is 2.29. The summed E-state index contributed by atoms with van der Waals surface area (Å²) in [5.74, 6) is 0.352. The Morgan fingerprint density at radius 3 is 2.86 bits per heavy atom. The average Bonchev–Trinajstić information content (AvgIpc) is 3.29. The van der Waals surface area contributed by atoms with Gasteiger partial charge in [-0.2, -0.15) is 0 Å². The van der Waals surface area contributed by atoms with Crippen LogP contribution in [-0.2, 0) is 9.59 Å². The molecule has 2 saturated heterocycles. The van der Waals surface area contributed by atoms with Crippen LogP contribution in [0.5, 0.6) is 0 Å². The van der Waals surface area contributed by atoms with E-state index in [-0.39, 0.29) is 30.2 Å². The number of nitrogens with zero attached hydrogens (tertiary/aromatic N) is 3. The highest BCUT2D eigenvalue weighted by molar-refractivity contribution is 7.12. The van der Waals surface area contributed by atoms with E-state index in [1.165, 1.54) is 11.3 Å². The predicted molar refractivity (Wildman–Crippen MR) is 111 cm³/mol. The fraction of sp³-hybridized carbons (Fsp3) is 0.400. The smallest absolute Gasteiger partial charge is 0.263 e. The number of anilines is 2. The maximum Gasteiger partial charge on any atom is 0.263 e. The highest BCUT2D eigenvalue weighted by atomic mass is 32.1. The molecule has 29 heavy (non-hydrogen) atoms. The maximum atomic E-state index is 12.7. The molecule has 2 aromatic heterocycles. The number of pyridine rings is 1. The van der Waals surface area contributed by atoms with Crippen LogP contribution in [0, 0.1) is 5.92 Å². The van der Waals surface area contributed by atoms with Gasteiger partial charge in [0.05, 0.1) is 29.2 Å². The summed E-state index contributed by atoms with van der Waals surface area (Å²) in [5.41, 5.74) is 0.613. The monoisotopic (exact) mass is 413 g/mol. The Hall–Kier alpha value is -2.94. The van der Waals surface area contributed by atoms with Gasteiger partial charge < -0.3 is 20.4 Å². The summed E-state index contributed by atoms with van der Waals surface area (Å²) < 4.78 is 0. The van der Waals surface area contributed by atoms with Gasteiger partial charge in [-0.1, -0.05) is 6.07 Å². The van der Waals surface area contributed by atoms with Crippen LogP contribution >= 0.6 is 11.3 Å². The first-order valence-electron chi connectivity index (χ1n) is 9.71.